The van der Waals surface area contributed by atoms with Gasteiger partial charge in [0.15, 0.2) is 6.61 Å². The third-order valence-electron chi connectivity index (χ3n) is 8.69. The predicted molar refractivity (Wildman–Crippen MR) is 205 cm³/mol. The highest BCUT2D eigenvalue weighted by molar-refractivity contribution is 7.98. The van der Waals surface area contributed by atoms with E-state index >= 15 is 0 Å². The highest BCUT2D eigenvalue weighted by atomic mass is 32.2. The fourth-order valence-corrected chi connectivity index (χ4v) is 8.45. The standard InChI is InChI=1S/C37H48N4O7S3/c1-5-7-18-37(19-8-6-2)24-41(26-12-10-9-11-13-26)29-20-31(50-4)30(21-32(29)51(47)40-37)48-22-33(43)39-34(25-14-16-27(42)17-15-25)35(44)38-28(23-49-3)36(45)46/h9-17,20-21,28,34,40,42H,5-8,18-19,22-24H2,1-4H3,(H,38,44)(H,39,43)(H,45,46). The highest BCUT2D eigenvalue weighted by Gasteiger charge is 2.39. The van der Waals surface area contributed by atoms with Crippen molar-refractivity contribution >= 4 is 63.7 Å². The number of aliphatic carboxylic acids is 1. The highest BCUT2D eigenvalue weighted by Crippen LogP contribution is 2.43. The van der Waals surface area contributed by atoms with Gasteiger partial charge in [-0.1, -0.05) is 69.9 Å². The van der Waals surface area contributed by atoms with Crippen LogP contribution in [-0.4, -0.2) is 75.2 Å². The number of benzene rings is 3. The molecule has 0 saturated heterocycles. The van der Waals surface area contributed by atoms with Crippen molar-refractivity contribution in [2.24, 2.45) is 0 Å². The number of phenols is 1. The van der Waals surface area contributed by atoms with Gasteiger partial charge in [0.25, 0.3) is 5.91 Å². The van der Waals surface area contributed by atoms with E-state index in [0.717, 1.165) is 54.8 Å². The maximum atomic E-state index is 14.2. The van der Waals surface area contributed by atoms with Gasteiger partial charge in [0.2, 0.25) is 5.91 Å². The first-order valence-electron chi connectivity index (χ1n) is 17.0. The number of nitrogens with zero attached hydrogens (tertiary/aromatic N) is 1. The number of unbranched alkanes of at least 4 members (excludes halogenated alkanes) is 2. The quantitative estimate of drug-likeness (QED) is 0.0952. The van der Waals surface area contributed by atoms with E-state index in [1.54, 1.807) is 12.3 Å². The molecule has 3 atom stereocenters. The molecule has 3 aromatic rings. The average Bonchev–Trinajstić information content (AvgIpc) is 3.25. The molecule has 0 saturated carbocycles. The summed E-state index contributed by atoms with van der Waals surface area (Å²) >= 11 is 2.70. The molecule has 276 valence electrons. The van der Waals surface area contributed by atoms with Crippen LogP contribution in [0.25, 0.3) is 0 Å². The third-order valence-corrected chi connectivity index (χ3v) is 11.5. The van der Waals surface area contributed by atoms with Crippen LogP contribution in [0.5, 0.6) is 11.5 Å². The van der Waals surface area contributed by atoms with E-state index in [-0.39, 0.29) is 11.5 Å². The SMILES string of the molecule is CCCCC1(CCCC)CN(c2ccccc2)c2cc(SC)c(OCC(=O)NC(C(=O)NC(CSC)C(=O)O)c3ccc(O)cc3)cc2S(=O)N1. The Labute approximate surface area is 311 Å². The van der Waals surface area contributed by atoms with E-state index < -0.39 is 53.0 Å². The summed E-state index contributed by atoms with van der Waals surface area (Å²) in [4.78, 5) is 42.0. The molecule has 5 N–H and O–H groups in total. The number of carbonyl (C=O) groups excluding carboxylic acids is 2. The first kappa shape index (κ1) is 40.1. The Morgan fingerprint density at radius 1 is 1.00 bits per heavy atom. The minimum atomic E-state index is -1.60. The summed E-state index contributed by atoms with van der Waals surface area (Å²) in [5, 5.41) is 24.5. The lowest BCUT2D eigenvalue weighted by molar-refractivity contribution is -0.141. The zero-order valence-electron chi connectivity index (χ0n) is 29.5. The maximum absolute atomic E-state index is 14.2. The fourth-order valence-electron chi connectivity index (χ4n) is 6.00. The minimum absolute atomic E-state index is 0.0307. The maximum Gasteiger partial charge on any atom is 0.327 e. The molecule has 0 radical (unpaired) electrons. The van der Waals surface area contributed by atoms with Crippen LogP contribution in [0.2, 0.25) is 0 Å². The molecule has 3 aromatic carbocycles. The number of nitrogens with one attached hydrogen (secondary N) is 3. The lowest BCUT2D eigenvalue weighted by atomic mass is 9.87. The Balaban J connectivity index is 1.64. The minimum Gasteiger partial charge on any atom is -0.508 e. The predicted octanol–water partition coefficient (Wildman–Crippen LogP) is 6.17. The number of hydrogen-bond donors (Lipinski definition) is 5. The molecule has 4 rings (SSSR count). The summed E-state index contributed by atoms with van der Waals surface area (Å²) in [5.41, 5.74) is 1.73. The molecule has 0 aliphatic carbocycles. The summed E-state index contributed by atoms with van der Waals surface area (Å²) < 4.78 is 23.8. The zero-order valence-corrected chi connectivity index (χ0v) is 31.9. The molecule has 14 heteroatoms. The number of hydrogen-bond acceptors (Lipinski definition) is 9. The van der Waals surface area contributed by atoms with Crippen LogP contribution in [0.1, 0.15) is 64.0 Å². The molecule has 1 aliphatic rings. The molecule has 2 amide bonds. The Morgan fingerprint density at radius 2 is 1.67 bits per heavy atom. The molecule has 1 aliphatic heterocycles. The number of carboxylic acids is 1. The number of carbonyl (C=O) groups is 3. The van der Waals surface area contributed by atoms with E-state index in [2.05, 4.69) is 46.2 Å². The normalized spacial score (nSPS) is 16.3. The number of anilines is 2. The van der Waals surface area contributed by atoms with Gasteiger partial charge in [-0.15, -0.1) is 11.8 Å². The van der Waals surface area contributed by atoms with Gasteiger partial charge in [-0.3, -0.25) is 9.59 Å². The van der Waals surface area contributed by atoms with Crippen LogP contribution in [0.4, 0.5) is 11.4 Å². The smallest absolute Gasteiger partial charge is 0.327 e. The lowest BCUT2D eigenvalue weighted by Crippen LogP contribution is -2.51. The fraction of sp³-hybridized carbons (Fsp3) is 0.432. The number of rotatable bonds is 18. The van der Waals surface area contributed by atoms with Crippen molar-refractivity contribution in [2.75, 3.05) is 36.3 Å². The summed E-state index contributed by atoms with van der Waals surface area (Å²) in [6, 6.07) is 17.0. The molecule has 11 nitrogen and oxygen atoms in total. The molecule has 0 spiro atoms. The Hall–Kier alpha value is -3.72. The van der Waals surface area contributed by atoms with Crippen LogP contribution in [-0.2, 0) is 25.4 Å². The number of para-hydroxylation sites is 1. The van der Waals surface area contributed by atoms with Gasteiger partial charge < -0.3 is 30.5 Å². The second-order valence-electron chi connectivity index (χ2n) is 12.5. The molecule has 0 bridgehead atoms. The van der Waals surface area contributed by atoms with E-state index in [4.69, 9.17) is 4.74 Å². The topological polar surface area (TPSA) is 157 Å². The number of thioether (sulfide) groups is 2. The van der Waals surface area contributed by atoms with Crippen LogP contribution in [0, 0.1) is 0 Å². The number of ether oxygens (including phenoxy) is 1. The van der Waals surface area contributed by atoms with Gasteiger partial charge in [0.1, 0.15) is 34.6 Å². The van der Waals surface area contributed by atoms with Gasteiger partial charge in [0.05, 0.1) is 15.5 Å². The second-order valence-corrected chi connectivity index (χ2v) is 15.4. The van der Waals surface area contributed by atoms with E-state index in [9.17, 15) is 28.8 Å². The summed E-state index contributed by atoms with van der Waals surface area (Å²) in [5.74, 6) is -2.09. The van der Waals surface area contributed by atoms with Crippen LogP contribution >= 0.6 is 23.5 Å². The molecular weight excluding hydrogens is 709 g/mol. The van der Waals surface area contributed by atoms with Crippen molar-refractivity contribution in [3.05, 3.63) is 72.3 Å². The lowest BCUT2D eigenvalue weighted by Gasteiger charge is -2.37. The Morgan fingerprint density at radius 3 is 2.25 bits per heavy atom. The van der Waals surface area contributed by atoms with E-state index in [1.165, 1.54) is 47.8 Å². The van der Waals surface area contributed by atoms with Crippen molar-refractivity contribution < 1.29 is 33.5 Å². The van der Waals surface area contributed by atoms with Crippen LogP contribution in [0.15, 0.2) is 76.5 Å². The van der Waals surface area contributed by atoms with Gasteiger partial charge in [0, 0.05) is 29.6 Å². The van der Waals surface area contributed by atoms with Crippen LogP contribution in [0.3, 0.4) is 0 Å². The Kier molecular flexibility index (Phi) is 15.1. The van der Waals surface area contributed by atoms with Crippen molar-refractivity contribution in [3.8, 4) is 11.5 Å². The van der Waals surface area contributed by atoms with E-state index in [0.29, 0.717) is 22.8 Å². The first-order valence-corrected chi connectivity index (χ1v) is 20.8. The molecular formula is C37H48N4O7S3. The van der Waals surface area contributed by atoms with Gasteiger partial charge >= 0.3 is 5.97 Å². The Bertz CT molecular complexity index is 1650. The van der Waals surface area contributed by atoms with Crippen molar-refractivity contribution in [2.45, 2.75) is 79.8 Å². The van der Waals surface area contributed by atoms with Crippen molar-refractivity contribution in [1.82, 2.24) is 15.4 Å². The number of fused-ring (bicyclic) bond motifs is 1. The van der Waals surface area contributed by atoms with Gasteiger partial charge in [-0.05, 0) is 61.2 Å². The first-order chi connectivity index (χ1) is 24.5. The molecule has 3 unspecified atom stereocenters. The molecule has 1 heterocycles. The summed E-state index contributed by atoms with van der Waals surface area (Å²) in [6.45, 7) is 4.48. The van der Waals surface area contributed by atoms with Crippen molar-refractivity contribution in [3.63, 3.8) is 0 Å². The van der Waals surface area contributed by atoms with E-state index in [1.807, 2.05) is 30.5 Å². The monoisotopic (exact) mass is 756 g/mol. The van der Waals surface area contributed by atoms with Crippen LogP contribution < -0.4 is 25.0 Å². The number of carboxylic acid groups (broad SMARTS) is 1. The van der Waals surface area contributed by atoms with Gasteiger partial charge in [-0.2, -0.15) is 11.8 Å². The third kappa shape index (κ3) is 10.7. The number of aromatic hydroxyl groups is 1. The molecule has 51 heavy (non-hydrogen) atoms. The zero-order chi connectivity index (χ0) is 37.0. The van der Waals surface area contributed by atoms with Crippen molar-refractivity contribution in [1.29, 1.82) is 0 Å². The average molecular weight is 757 g/mol. The summed E-state index contributed by atoms with van der Waals surface area (Å²) in [6.07, 6.45) is 9.38. The largest absolute Gasteiger partial charge is 0.508 e. The second kappa shape index (κ2) is 19.2. The molecule has 0 aromatic heterocycles. The number of amides is 2. The van der Waals surface area contributed by atoms with Gasteiger partial charge in [-0.25, -0.2) is 13.7 Å². The number of phenolic OH excluding ortho intramolecular Hbond substituents is 1. The summed E-state index contributed by atoms with van der Waals surface area (Å²) in [7, 11) is -1.60. The molecule has 0 fully saturated rings.